The molecule has 0 aliphatic heterocycles. The number of benzene rings is 2. The van der Waals surface area contributed by atoms with Crippen LogP contribution in [0, 0.1) is 5.82 Å². The molecule has 2 aromatic carbocycles. The Hall–Kier alpha value is -2.29. The van der Waals surface area contributed by atoms with Crippen LogP contribution in [-0.4, -0.2) is 25.9 Å². The third-order valence-corrected chi connectivity index (χ3v) is 5.72. The van der Waals surface area contributed by atoms with Gasteiger partial charge in [0.05, 0.1) is 21.0 Å². The van der Waals surface area contributed by atoms with Crippen LogP contribution in [0.1, 0.15) is 12.7 Å². The van der Waals surface area contributed by atoms with Gasteiger partial charge in [-0.25, -0.2) is 4.39 Å². The van der Waals surface area contributed by atoms with Gasteiger partial charge in [0.2, 0.25) is 5.91 Å². The summed E-state index contributed by atoms with van der Waals surface area (Å²) < 4.78 is 20.6. The fourth-order valence-corrected chi connectivity index (χ4v) is 3.55. The van der Waals surface area contributed by atoms with Gasteiger partial charge in [0, 0.05) is 7.05 Å². The molecule has 0 spiro atoms. The van der Waals surface area contributed by atoms with Crippen LogP contribution in [0.4, 0.5) is 10.1 Å². The molecule has 1 amide bonds. The number of nitrogens with one attached hydrogen (secondary N) is 1. The standard InChI is InChI=1S/C19H17Cl2FN4O2S/c1-11(18(27)23-15-8-7-12(22)9-14(15)21)29-19-25-24-17(26(19)2)10-28-16-6-4-3-5-13(16)20/h3-9,11H,10H2,1-2H3,(H,23,27). The van der Waals surface area contributed by atoms with Gasteiger partial charge in [-0.2, -0.15) is 0 Å². The van der Waals surface area contributed by atoms with Gasteiger partial charge in [-0.05, 0) is 37.3 Å². The van der Waals surface area contributed by atoms with Crippen molar-refractivity contribution < 1.29 is 13.9 Å². The van der Waals surface area contributed by atoms with Gasteiger partial charge in [0.25, 0.3) is 0 Å². The van der Waals surface area contributed by atoms with Crippen LogP contribution in [0.2, 0.25) is 10.0 Å². The van der Waals surface area contributed by atoms with Crippen LogP contribution in [0.15, 0.2) is 47.6 Å². The number of hydrogen-bond donors (Lipinski definition) is 1. The molecular weight excluding hydrogens is 438 g/mol. The number of anilines is 1. The Balaban J connectivity index is 1.61. The van der Waals surface area contributed by atoms with Crippen molar-refractivity contribution in [3.63, 3.8) is 0 Å². The van der Waals surface area contributed by atoms with E-state index in [1.165, 1.54) is 23.9 Å². The van der Waals surface area contributed by atoms with E-state index in [9.17, 15) is 9.18 Å². The lowest BCUT2D eigenvalue weighted by Crippen LogP contribution is -2.23. The van der Waals surface area contributed by atoms with Crippen molar-refractivity contribution >= 4 is 46.6 Å². The summed E-state index contributed by atoms with van der Waals surface area (Å²) in [6.07, 6.45) is 0. The molecule has 0 aliphatic carbocycles. The highest BCUT2D eigenvalue weighted by atomic mass is 35.5. The molecule has 152 valence electrons. The number of aromatic nitrogens is 3. The first-order chi connectivity index (χ1) is 13.8. The van der Waals surface area contributed by atoms with Gasteiger partial charge in [0.1, 0.15) is 18.2 Å². The Bertz CT molecular complexity index is 1030. The summed E-state index contributed by atoms with van der Waals surface area (Å²) in [4.78, 5) is 12.4. The summed E-state index contributed by atoms with van der Waals surface area (Å²) >= 11 is 13.3. The van der Waals surface area contributed by atoms with E-state index in [1.807, 2.05) is 12.1 Å². The summed E-state index contributed by atoms with van der Waals surface area (Å²) in [6, 6.07) is 10.9. The first-order valence-electron chi connectivity index (χ1n) is 8.53. The molecule has 0 bridgehead atoms. The molecule has 1 atom stereocenters. The number of para-hydroxylation sites is 1. The maximum Gasteiger partial charge on any atom is 0.237 e. The maximum atomic E-state index is 13.1. The van der Waals surface area contributed by atoms with E-state index >= 15 is 0 Å². The molecule has 0 saturated heterocycles. The second-order valence-electron chi connectivity index (χ2n) is 6.05. The number of carbonyl (C=O) groups is 1. The molecule has 0 saturated carbocycles. The minimum Gasteiger partial charge on any atom is -0.484 e. The van der Waals surface area contributed by atoms with Crippen molar-refractivity contribution in [1.82, 2.24) is 14.8 Å². The molecule has 0 aliphatic rings. The normalized spacial score (nSPS) is 11.9. The minimum absolute atomic E-state index is 0.133. The maximum absolute atomic E-state index is 13.1. The molecule has 0 fully saturated rings. The molecular formula is C19H17Cl2FN4O2S. The third kappa shape index (κ3) is 5.41. The number of ether oxygens (including phenoxy) is 1. The van der Waals surface area contributed by atoms with Crippen molar-refractivity contribution in [1.29, 1.82) is 0 Å². The Labute approximate surface area is 181 Å². The van der Waals surface area contributed by atoms with E-state index in [2.05, 4.69) is 15.5 Å². The van der Waals surface area contributed by atoms with Crippen LogP contribution in [0.5, 0.6) is 5.75 Å². The molecule has 1 N–H and O–H groups in total. The molecule has 10 heteroatoms. The number of thioether (sulfide) groups is 1. The fourth-order valence-electron chi connectivity index (χ4n) is 2.31. The molecule has 3 rings (SSSR count). The van der Waals surface area contributed by atoms with E-state index in [-0.39, 0.29) is 17.5 Å². The average molecular weight is 455 g/mol. The van der Waals surface area contributed by atoms with E-state index in [4.69, 9.17) is 27.9 Å². The van der Waals surface area contributed by atoms with Crippen molar-refractivity contribution in [2.75, 3.05) is 5.32 Å². The van der Waals surface area contributed by atoms with Crippen LogP contribution in [-0.2, 0) is 18.4 Å². The van der Waals surface area contributed by atoms with E-state index < -0.39 is 11.1 Å². The molecule has 29 heavy (non-hydrogen) atoms. The van der Waals surface area contributed by atoms with E-state index in [0.29, 0.717) is 27.4 Å². The quantitative estimate of drug-likeness (QED) is 0.510. The molecule has 3 aromatic rings. The lowest BCUT2D eigenvalue weighted by Gasteiger charge is -2.13. The zero-order chi connectivity index (χ0) is 21.0. The third-order valence-electron chi connectivity index (χ3n) is 3.96. The van der Waals surface area contributed by atoms with Gasteiger partial charge >= 0.3 is 0 Å². The lowest BCUT2D eigenvalue weighted by molar-refractivity contribution is -0.115. The monoisotopic (exact) mass is 454 g/mol. The van der Waals surface area contributed by atoms with Crippen molar-refractivity contribution in [2.24, 2.45) is 7.05 Å². The predicted octanol–water partition coefficient (Wildman–Crippen LogP) is 4.96. The Kier molecular flexibility index (Phi) is 7.00. The SMILES string of the molecule is CC(Sc1nnc(COc2ccccc2Cl)n1C)C(=O)Nc1ccc(F)cc1Cl. The lowest BCUT2D eigenvalue weighted by atomic mass is 10.3. The highest BCUT2D eigenvalue weighted by molar-refractivity contribution is 8.00. The molecule has 0 radical (unpaired) electrons. The first kappa shape index (κ1) is 21.4. The zero-order valence-electron chi connectivity index (χ0n) is 15.5. The fraction of sp³-hybridized carbons (Fsp3) is 0.211. The Morgan fingerprint density at radius 2 is 2.00 bits per heavy atom. The summed E-state index contributed by atoms with van der Waals surface area (Å²) in [7, 11) is 1.79. The van der Waals surface area contributed by atoms with Crippen molar-refractivity contribution in [3.8, 4) is 5.75 Å². The Morgan fingerprint density at radius 1 is 1.24 bits per heavy atom. The van der Waals surface area contributed by atoms with Gasteiger partial charge < -0.3 is 14.6 Å². The summed E-state index contributed by atoms with van der Waals surface area (Å²) in [6.45, 7) is 1.91. The average Bonchev–Trinajstić information content (AvgIpc) is 3.03. The topological polar surface area (TPSA) is 69.0 Å². The second kappa shape index (κ2) is 9.47. The van der Waals surface area contributed by atoms with E-state index in [0.717, 1.165) is 6.07 Å². The zero-order valence-corrected chi connectivity index (χ0v) is 17.9. The van der Waals surface area contributed by atoms with E-state index in [1.54, 1.807) is 30.7 Å². The summed E-state index contributed by atoms with van der Waals surface area (Å²) in [5, 5.41) is 11.6. The number of nitrogens with zero attached hydrogens (tertiary/aromatic N) is 3. The molecule has 6 nitrogen and oxygen atoms in total. The highest BCUT2D eigenvalue weighted by Crippen LogP contribution is 2.27. The summed E-state index contributed by atoms with van der Waals surface area (Å²) in [5.74, 6) is 0.373. The van der Waals surface area contributed by atoms with Crippen molar-refractivity contribution in [3.05, 3.63) is 64.2 Å². The van der Waals surface area contributed by atoms with Gasteiger partial charge in [-0.1, -0.05) is 47.1 Å². The highest BCUT2D eigenvalue weighted by Gasteiger charge is 2.20. The number of halogens is 3. The summed E-state index contributed by atoms with van der Waals surface area (Å²) in [5.41, 5.74) is 0.345. The number of rotatable bonds is 7. The molecule has 1 unspecified atom stereocenters. The number of hydrogen-bond acceptors (Lipinski definition) is 5. The second-order valence-corrected chi connectivity index (χ2v) is 8.17. The van der Waals surface area contributed by atoms with Gasteiger partial charge in [-0.3, -0.25) is 4.79 Å². The molecule has 1 heterocycles. The number of carbonyl (C=O) groups excluding carboxylic acids is 1. The molecule has 1 aromatic heterocycles. The number of amides is 1. The smallest absolute Gasteiger partial charge is 0.237 e. The van der Waals surface area contributed by atoms with Gasteiger partial charge in [0.15, 0.2) is 11.0 Å². The van der Waals surface area contributed by atoms with Crippen LogP contribution in [0.3, 0.4) is 0 Å². The van der Waals surface area contributed by atoms with Crippen LogP contribution in [0.25, 0.3) is 0 Å². The van der Waals surface area contributed by atoms with Gasteiger partial charge in [-0.15, -0.1) is 10.2 Å². The van der Waals surface area contributed by atoms with Crippen LogP contribution >= 0.6 is 35.0 Å². The Morgan fingerprint density at radius 3 is 2.72 bits per heavy atom. The first-order valence-corrected chi connectivity index (χ1v) is 10.2. The van der Waals surface area contributed by atoms with Crippen molar-refractivity contribution in [2.45, 2.75) is 23.9 Å². The largest absolute Gasteiger partial charge is 0.484 e. The minimum atomic E-state index is -0.489. The van der Waals surface area contributed by atoms with Crippen LogP contribution < -0.4 is 10.1 Å². The predicted molar refractivity (Wildman–Crippen MR) is 112 cm³/mol.